The van der Waals surface area contributed by atoms with Gasteiger partial charge >= 0.3 is 5.97 Å². The minimum absolute atomic E-state index is 0.160. The van der Waals surface area contributed by atoms with Crippen molar-refractivity contribution in [2.75, 3.05) is 0 Å². The van der Waals surface area contributed by atoms with E-state index in [1.165, 1.54) is 12.1 Å². The summed E-state index contributed by atoms with van der Waals surface area (Å²) in [6, 6.07) is 5.42. The summed E-state index contributed by atoms with van der Waals surface area (Å²) in [5.41, 5.74) is 6.12. The molecule has 0 unspecified atom stereocenters. The Morgan fingerprint density at radius 3 is 2.38 bits per heavy atom. The maximum Gasteiger partial charge on any atom is 0.320 e. The number of phenols is 1. The molecule has 4 heteroatoms. The zero-order valence-electron chi connectivity index (χ0n) is 6.97. The third-order valence-electron chi connectivity index (χ3n) is 1.71. The van der Waals surface area contributed by atoms with Crippen LogP contribution in [0.15, 0.2) is 24.3 Å². The van der Waals surface area contributed by atoms with Gasteiger partial charge in [-0.3, -0.25) is 4.79 Å². The van der Waals surface area contributed by atoms with Gasteiger partial charge in [0, 0.05) is 0 Å². The number of aromatic hydroxyl groups is 1. The van der Waals surface area contributed by atoms with Crippen LogP contribution in [0.4, 0.5) is 0 Å². The summed E-state index contributed by atoms with van der Waals surface area (Å²) >= 11 is 0. The first-order valence-corrected chi connectivity index (χ1v) is 3.86. The molecular weight excluding hydrogens is 171 g/mol. The molecule has 1 rings (SSSR count). The van der Waals surface area contributed by atoms with E-state index in [2.05, 4.69) is 0 Å². The van der Waals surface area contributed by atoms with Crippen LogP contribution >= 0.6 is 0 Å². The lowest BCUT2D eigenvalue weighted by Gasteiger charge is -2.05. The molecule has 70 valence electrons. The number of benzene rings is 1. The van der Waals surface area contributed by atoms with Crippen molar-refractivity contribution in [2.24, 2.45) is 5.73 Å². The number of aliphatic carboxylic acids is 1. The van der Waals surface area contributed by atoms with Gasteiger partial charge in [-0.2, -0.15) is 0 Å². The molecule has 0 radical (unpaired) electrons. The van der Waals surface area contributed by atoms with Crippen LogP contribution < -0.4 is 5.73 Å². The van der Waals surface area contributed by atoms with Gasteiger partial charge in [0.25, 0.3) is 0 Å². The minimum atomic E-state index is -1.02. The fourth-order valence-corrected chi connectivity index (χ4v) is 0.973. The van der Waals surface area contributed by atoms with Crippen molar-refractivity contribution in [3.05, 3.63) is 29.8 Å². The molecule has 0 bridgehead atoms. The van der Waals surface area contributed by atoms with Crippen molar-refractivity contribution < 1.29 is 15.0 Å². The first kappa shape index (κ1) is 9.54. The van der Waals surface area contributed by atoms with Gasteiger partial charge < -0.3 is 15.9 Å². The Morgan fingerprint density at radius 2 is 1.92 bits per heavy atom. The van der Waals surface area contributed by atoms with Crippen molar-refractivity contribution in [3.63, 3.8) is 0 Å². The molecule has 0 aliphatic carbocycles. The molecule has 0 amide bonds. The molecule has 0 aromatic heterocycles. The van der Waals surface area contributed by atoms with Crippen LogP contribution in [0, 0.1) is 0 Å². The zero-order valence-corrected chi connectivity index (χ0v) is 6.97. The average Bonchev–Trinajstić information content (AvgIpc) is 2.08. The van der Waals surface area contributed by atoms with Gasteiger partial charge in [-0.05, 0) is 24.1 Å². The third kappa shape index (κ3) is 2.76. The Kier molecular flexibility index (Phi) is 2.87. The normalized spacial score (nSPS) is 12.4. The number of phenolic OH excluding ortho intramolecular Hbond substituents is 1. The van der Waals surface area contributed by atoms with Gasteiger partial charge in [0.1, 0.15) is 11.8 Å². The molecule has 1 atom stereocenters. The predicted molar refractivity (Wildman–Crippen MR) is 47.4 cm³/mol. The lowest BCUT2D eigenvalue weighted by atomic mass is 10.1. The smallest absolute Gasteiger partial charge is 0.320 e. The van der Waals surface area contributed by atoms with Crippen LogP contribution in [0.1, 0.15) is 5.56 Å². The molecule has 13 heavy (non-hydrogen) atoms. The summed E-state index contributed by atoms with van der Waals surface area (Å²) in [6.45, 7) is 0. The van der Waals surface area contributed by atoms with Crippen LogP contribution in [0.3, 0.4) is 0 Å². The van der Waals surface area contributed by atoms with Crippen LogP contribution in [0.2, 0.25) is 0 Å². The number of nitrogens with two attached hydrogens (primary N) is 1. The van der Waals surface area contributed by atoms with E-state index in [0.717, 1.165) is 5.56 Å². The number of rotatable bonds is 3. The maximum atomic E-state index is 10.4. The van der Waals surface area contributed by atoms with Crippen molar-refractivity contribution in [1.82, 2.24) is 0 Å². The molecule has 1 aromatic rings. The second-order valence-electron chi connectivity index (χ2n) is 2.82. The van der Waals surface area contributed by atoms with Gasteiger partial charge in [-0.1, -0.05) is 12.1 Å². The van der Waals surface area contributed by atoms with Gasteiger partial charge in [0.05, 0.1) is 0 Å². The van der Waals surface area contributed by atoms with E-state index in [4.69, 9.17) is 15.9 Å². The maximum absolute atomic E-state index is 10.4. The first-order valence-electron chi connectivity index (χ1n) is 3.86. The largest absolute Gasteiger partial charge is 0.508 e. The lowest BCUT2D eigenvalue weighted by Crippen LogP contribution is -2.32. The fraction of sp³-hybridized carbons (Fsp3) is 0.222. The van der Waals surface area contributed by atoms with E-state index >= 15 is 0 Å². The number of carboxylic acid groups (broad SMARTS) is 1. The van der Waals surface area contributed by atoms with Gasteiger partial charge in [-0.25, -0.2) is 0 Å². The standard InChI is InChI=1S/C9H11NO3/c10-8(9(12)13)5-6-1-3-7(11)4-2-6/h1-4,8,11H,5,10H2,(H,12,13)/t8-/m0/s1/i9+1. The SMILES string of the molecule is N[C@@H](Cc1ccc(O)cc1)[13C](=O)O. The summed E-state index contributed by atoms with van der Waals surface area (Å²) in [5, 5.41) is 17.5. The number of hydrogen-bond acceptors (Lipinski definition) is 3. The average molecular weight is 182 g/mol. The minimum Gasteiger partial charge on any atom is -0.508 e. The number of hydrogen-bond donors (Lipinski definition) is 3. The van der Waals surface area contributed by atoms with Crippen LogP contribution in [0.25, 0.3) is 0 Å². The second kappa shape index (κ2) is 3.91. The van der Waals surface area contributed by atoms with Gasteiger partial charge in [0.2, 0.25) is 0 Å². The highest BCUT2D eigenvalue weighted by molar-refractivity contribution is 5.73. The number of carboxylic acids is 1. The first-order chi connectivity index (χ1) is 6.09. The highest BCUT2D eigenvalue weighted by atomic mass is 16.5. The molecule has 0 aliphatic heterocycles. The molecule has 0 saturated carbocycles. The van der Waals surface area contributed by atoms with Crippen LogP contribution in [-0.4, -0.2) is 22.2 Å². The Labute approximate surface area is 75.6 Å². The van der Waals surface area contributed by atoms with Gasteiger partial charge in [0.15, 0.2) is 0 Å². The van der Waals surface area contributed by atoms with E-state index < -0.39 is 12.0 Å². The Hall–Kier alpha value is -1.55. The highest BCUT2D eigenvalue weighted by Gasteiger charge is 2.11. The van der Waals surface area contributed by atoms with E-state index in [1.54, 1.807) is 12.1 Å². The Balaban J connectivity index is 2.64. The van der Waals surface area contributed by atoms with Crippen molar-refractivity contribution in [1.29, 1.82) is 0 Å². The molecular formula is C9H11NO3. The second-order valence-corrected chi connectivity index (χ2v) is 2.82. The highest BCUT2D eigenvalue weighted by Crippen LogP contribution is 2.10. The number of carbonyl (C=O) groups is 1. The third-order valence-corrected chi connectivity index (χ3v) is 1.71. The van der Waals surface area contributed by atoms with Crippen molar-refractivity contribution in [3.8, 4) is 5.75 Å². The van der Waals surface area contributed by atoms with Gasteiger partial charge in [-0.15, -0.1) is 0 Å². The lowest BCUT2D eigenvalue weighted by molar-refractivity contribution is -0.138. The molecule has 0 fully saturated rings. The van der Waals surface area contributed by atoms with Crippen molar-refractivity contribution in [2.45, 2.75) is 12.5 Å². The fourth-order valence-electron chi connectivity index (χ4n) is 0.973. The Bertz CT molecular complexity index is 294. The Morgan fingerprint density at radius 1 is 1.38 bits per heavy atom. The molecule has 1 aromatic carbocycles. The molecule has 0 spiro atoms. The van der Waals surface area contributed by atoms with E-state index in [-0.39, 0.29) is 12.2 Å². The van der Waals surface area contributed by atoms with Crippen LogP contribution in [0.5, 0.6) is 5.75 Å². The summed E-state index contributed by atoms with van der Waals surface area (Å²) in [6.07, 6.45) is 0.273. The molecule has 0 heterocycles. The molecule has 0 aliphatic rings. The molecule has 4 N–H and O–H groups in total. The van der Waals surface area contributed by atoms with E-state index in [9.17, 15) is 4.79 Å². The summed E-state index contributed by atoms with van der Waals surface area (Å²) in [5.74, 6) is -0.860. The quantitative estimate of drug-likeness (QED) is 0.589. The molecule has 4 nitrogen and oxygen atoms in total. The van der Waals surface area contributed by atoms with Crippen LogP contribution in [-0.2, 0) is 11.2 Å². The van der Waals surface area contributed by atoms with Crippen molar-refractivity contribution >= 4 is 5.97 Å². The summed E-state index contributed by atoms with van der Waals surface area (Å²) < 4.78 is 0. The van der Waals surface area contributed by atoms with E-state index in [1.807, 2.05) is 0 Å². The topological polar surface area (TPSA) is 83.5 Å². The van der Waals surface area contributed by atoms with E-state index in [0.29, 0.717) is 0 Å². The predicted octanol–water partition coefficient (Wildman–Crippen LogP) is 0.347. The summed E-state index contributed by atoms with van der Waals surface area (Å²) in [4.78, 5) is 10.4. The summed E-state index contributed by atoms with van der Waals surface area (Å²) in [7, 11) is 0. The monoisotopic (exact) mass is 182 g/mol. The zero-order chi connectivity index (χ0) is 9.84. The molecule has 0 saturated heterocycles.